The van der Waals surface area contributed by atoms with Crippen LogP contribution in [0.1, 0.15) is 11.3 Å². The molecule has 0 saturated heterocycles. The molecular weight excluding hydrogens is 372 g/mol. The zero-order chi connectivity index (χ0) is 18.9. The minimum absolute atomic E-state index is 0.691. The van der Waals surface area contributed by atoms with Crippen LogP contribution in [0.2, 0.25) is 5.02 Å². The first-order valence-corrected chi connectivity index (χ1v) is 9.53. The van der Waals surface area contributed by atoms with E-state index in [1.54, 1.807) is 0 Å². The standard InChI is InChI=1S/C22H17ClN4O/c23-17-8-6-16(7-9-17)22-18-14-27(13-12-20(18)26-28-22)21-11-10-19(24-25-21)15-4-2-1-3-5-15/h1-11H,12-14H2. The minimum Gasteiger partial charge on any atom is -0.356 e. The first-order valence-electron chi connectivity index (χ1n) is 9.15. The van der Waals surface area contributed by atoms with Gasteiger partial charge in [0.1, 0.15) is 0 Å². The van der Waals surface area contributed by atoms with Gasteiger partial charge in [0.25, 0.3) is 0 Å². The second-order valence-electron chi connectivity index (χ2n) is 6.76. The fourth-order valence-electron chi connectivity index (χ4n) is 3.49. The summed E-state index contributed by atoms with van der Waals surface area (Å²) in [5, 5.41) is 13.8. The Morgan fingerprint density at radius 1 is 0.857 bits per heavy atom. The van der Waals surface area contributed by atoms with Crippen LogP contribution in [0.5, 0.6) is 0 Å². The van der Waals surface area contributed by atoms with Gasteiger partial charge in [-0.15, -0.1) is 10.2 Å². The maximum Gasteiger partial charge on any atom is 0.172 e. The lowest BCUT2D eigenvalue weighted by atomic mass is 10.0. The van der Waals surface area contributed by atoms with Gasteiger partial charge in [0.2, 0.25) is 0 Å². The molecule has 28 heavy (non-hydrogen) atoms. The molecule has 0 saturated carbocycles. The van der Waals surface area contributed by atoms with Crippen LogP contribution in [-0.2, 0) is 13.0 Å². The number of anilines is 1. The molecule has 0 atom stereocenters. The highest BCUT2D eigenvalue weighted by atomic mass is 35.5. The van der Waals surface area contributed by atoms with Crippen molar-refractivity contribution >= 4 is 17.4 Å². The Morgan fingerprint density at radius 3 is 2.43 bits per heavy atom. The van der Waals surface area contributed by atoms with Crippen LogP contribution in [0, 0.1) is 0 Å². The molecule has 138 valence electrons. The van der Waals surface area contributed by atoms with Crippen molar-refractivity contribution in [3.8, 4) is 22.6 Å². The lowest BCUT2D eigenvalue weighted by Crippen LogP contribution is -2.31. The van der Waals surface area contributed by atoms with Crippen molar-refractivity contribution in [2.75, 3.05) is 11.4 Å². The number of hydrogen-bond acceptors (Lipinski definition) is 5. The maximum absolute atomic E-state index is 6.01. The average molecular weight is 389 g/mol. The summed E-state index contributed by atoms with van der Waals surface area (Å²) in [6.45, 7) is 1.52. The first-order chi connectivity index (χ1) is 13.8. The smallest absolute Gasteiger partial charge is 0.172 e. The van der Waals surface area contributed by atoms with Gasteiger partial charge in [0, 0.05) is 34.7 Å². The van der Waals surface area contributed by atoms with Gasteiger partial charge in [0.15, 0.2) is 11.6 Å². The van der Waals surface area contributed by atoms with Gasteiger partial charge >= 0.3 is 0 Å². The number of nitrogens with zero attached hydrogens (tertiary/aromatic N) is 4. The summed E-state index contributed by atoms with van der Waals surface area (Å²) in [4.78, 5) is 2.21. The number of benzene rings is 2. The zero-order valence-corrected chi connectivity index (χ0v) is 15.8. The topological polar surface area (TPSA) is 55.1 Å². The Balaban J connectivity index is 1.41. The van der Waals surface area contributed by atoms with Crippen LogP contribution in [0.3, 0.4) is 0 Å². The second-order valence-corrected chi connectivity index (χ2v) is 7.19. The quantitative estimate of drug-likeness (QED) is 0.493. The van der Waals surface area contributed by atoms with Crippen LogP contribution >= 0.6 is 11.6 Å². The number of hydrogen-bond donors (Lipinski definition) is 0. The summed E-state index contributed by atoms with van der Waals surface area (Å²) in [7, 11) is 0. The molecule has 1 aliphatic heterocycles. The molecule has 4 aromatic rings. The van der Waals surface area contributed by atoms with E-state index < -0.39 is 0 Å². The summed E-state index contributed by atoms with van der Waals surface area (Å²) in [6.07, 6.45) is 0.814. The van der Waals surface area contributed by atoms with Gasteiger partial charge in [-0.2, -0.15) is 0 Å². The lowest BCUT2D eigenvalue weighted by Gasteiger charge is -2.27. The molecule has 0 amide bonds. The molecule has 1 aliphatic rings. The Kier molecular flexibility index (Phi) is 4.29. The molecule has 5 rings (SSSR count). The maximum atomic E-state index is 6.01. The van der Waals surface area contributed by atoms with Gasteiger partial charge in [-0.05, 0) is 36.4 Å². The Hall–Kier alpha value is -3.18. The van der Waals surface area contributed by atoms with E-state index in [2.05, 4.69) is 20.3 Å². The van der Waals surface area contributed by atoms with Crippen molar-refractivity contribution in [3.05, 3.63) is 83.0 Å². The van der Waals surface area contributed by atoms with Gasteiger partial charge in [-0.1, -0.05) is 47.1 Å². The van der Waals surface area contributed by atoms with E-state index in [1.165, 1.54) is 0 Å². The molecule has 0 bridgehead atoms. The van der Waals surface area contributed by atoms with Crippen molar-refractivity contribution in [3.63, 3.8) is 0 Å². The number of halogens is 1. The van der Waals surface area contributed by atoms with Gasteiger partial charge < -0.3 is 9.42 Å². The van der Waals surface area contributed by atoms with Gasteiger partial charge in [0.05, 0.1) is 17.9 Å². The molecule has 0 fully saturated rings. The third kappa shape index (κ3) is 3.14. The van der Waals surface area contributed by atoms with Crippen LogP contribution in [0.25, 0.3) is 22.6 Å². The number of rotatable bonds is 3. The highest BCUT2D eigenvalue weighted by Gasteiger charge is 2.25. The normalized spacial score (nSPS) is 13.4. The molecule has 0 spiro atoms. The van der Waals surface area contributed by atoms with Crippen molar-refractivity contribution in [1.82, 2.24) is 15.4 Å². The molecule has 6 heteroatoms. The second kappa shape index (κ2) is 7.09. The molecule has 2 aromatic heterocycles. The van der Waals surface area contributed by atoms with E-state index in [-0.39, 0.29) is 0 Å². The van der Waals surface area contributed by atoms with E-state index >= 15 is 0 Å². The number of fused-ring (bicyclic) bond motifs is 1. The largest absolute Gasteiger partial charge is 0.356 e. The molecule has 0 N–H and O–H groups in total. The van der Waals surface area contributed by atoms with Crippen LogP contribution in [0.4, 0.5) is 5.82 Å². The van der Waals surface area contributed by atoms with Crippen molar-refractivity contribution in [1.29, 1.82) is 0 Å². The van der Waals surface area contributed by atoms with E-state index in [0.29, 0.717) is 11.6 Å². The predicted octanol–water partition coefficient (Wildman–Crippen LogP) is 5.01. The van der Waals surface area contributed by atoms with E-state index in [9.17, 15) is 0 Å². The van der Waals surface area contributed by atoms with Crippen molar-refractivity contribution < 1.29 is 4.52 Å². The lowest BCUT2D eigenvalue weighted by molar-refractivity contribution is 0.424. The zero-order valence-electron chi connectivity index (χ0n) is 15.0. The van der Waals surface area contributed by atoms with Gasteiger partial charge in [-0.25, -0.2) is 0 Å². The van der Waals surface area contributed by atoms with E-state index in [1.807, 2.05) is 66.7 Å². The van der Waals surface area contributed by atoms with Crippen molar-refractivity contribution in [2.24, 2.45) is 0 Å². The summed E-state index contributed by atoms with van der Waals surface area (Å²) in [5.41, 5.74) is 5.02. The predicted molar refractivity (Wildman–Crippen MR) is 109 cm³/mol. The van der Waals surface area contributed by atoms with Crippen molar-refractivity contribution in [2.45, 2.75) is 13.0 Å². The summed E-state index contributed by atoms with van der Waals surface area (Å²) >= 11 is 6.01. The van der Waals surface area contributed by atoms with Crippen LogP contribution in [0.15, 0.2) is 71.3 Å². The Bertz CT molecular complexity index is 1090. The summed E-state index contributed by atoms with van der Waals surface area (Å²) in [5.74, 6) is 1.65. The van der Waals surface area contributed by atoms with Crippen LogP contribution in [-0.4, -0.2) is 21.9 Å². The fraction of sp³-hybridized carbons (Fsp3) is 0.136. The van der Waals surface area contributed by atoms with Crippen LogP contribution < -0.4 is 4.90 Å². The molecule has 0 aliphatic carbocycles. The Morgan fingerprint density at radius 2 is 1.68 bits per heavy atom. The van der Waals surface area contributed by atoms with E-state index in [0.717, 1.165) is 52.6 Å². The van der Waals surface area contributed by atoms with E-state index in [4.69, 9.17) is 16.1 Å². The highest BCUT2D eigenvalue weighted by molar-refractivity contribution is 6.30. The molecular formula is C22H17ClN4O. The fourth-order valence-corrected chi connectivity index (χ4v) is 3.62. The Labute approximate surface area is 167 Å². The molecule has 0 unspecified atom stereocenters. The number of aromatic nitrogens is 3. The molecule has 3 heterocycles. The highest BCUT2D eigenvalue weighted by Crippen LogP contribution is 2.32. The average Bonchev–Trinajstić information content (AvgIpc) is 3.18. The monoisotopic (exact) mass is 388 g/mol. The molecule has 5 nitrogen and oxygen atoms in total. The summed E-state index contributed by atoms with van der Waals surface area (Å²) < 4.78 is 5.65. The summed E-state index contributed by atoms with van der Waals surface area (Å²) in [6, 6.07) is 21.7. The SMILES string of the molecule is Clc1ccc(-c2onc3c2CN(c2ccc(-c4ccccc4)nn2)CC3)cc1. The third-order valence-electron chi connectivity index (χ3n) is 4.99. The third-order valence-corrected chi connectivity index (χ3v) is 5.24. The first kappa shape index (κ1) is 17.0. The minimum atomic E-state index is 0.691. The van der Waals surface area contributed by atoms with Gasteiger partial charge in [-0.3, -0.25) is 0 Å². The molecule has 0 radical (unpaired) electrons. The molecule has 2 aromatic carbocycles.